The molecule has 0 aliphatic heterocycles. The van der Waals surface area contributed by atoms with Gasteiger partial charge >= 0.3 is 0 Å². The topological polar surface area (TPSA) is 24.9 Å². The molecule has 0 aromatic carbocycles. The normalized spacial score (nSPS) is 10.6. The van der Waals surface area contributed by atoms with Gasteiger partial charge < -0.3 is 5.32 Å². The van der Waals surface area contributed by atoms with Crippen molar-refractivity contribution < 1.29 is 0 Å². The van der Waals surface area contributed by atoms with Gasteiger partial charge in [0.2, 0.25) is 0 Å². The number of anilines is 1. The molecule has 1 aromatic rings. The molecule has 14 heavy (non-hydrogen) atoms. The molecule has 0 fully saturated rings. The van der Waals surface area contributed by atoms with E-state index in [0.29, 0.717) is 5.15 Å². The molecule has 0 saturated carbocycles. The second-order valence-electron chi connectivity index (χ2n) is 3.88. The van der Waals surface area contributed by atoms with Crippen LogP contribution in [0.4, 0.5) is 5.69 Å². The molecule has 0 unspecified atom stereocenters. The van der Waals surface area contributed by atoms with E-state index in [-0.39, 0.29) is 0 Å². The number of aryl methyl sites for hydroxylation is 1. The van der Waals surface area contributed by atoms with Gasteiger partial charge in [-0.1, -0.05) is 25.4 Å². The fourth-order valence-electron chi connectivity index (χ4n) is 1.21. The van der Waals surface area contributed by atoms with Crippen molar-refractivity contribution in [3.63, 3.8) is 0 Å². The van der Waals surface area contributed by atoms with Crippen LogP contribution in [0, 0.1) is 12.8 Å². The lowest BCUT2D eigenvalue weighted by Crippen LogP contribution is -2.06. The van der Waals surface area contributed by atoms with E-state index in [1.54, 1.807) is 0 Å². The SMILES string of the molecule is Cc1nc(Cl)ccc1NCCC(C)C. The first-order chi connectivity index (χ1) is 6.59. The zero-order valence-corrected chi connectivity index (χ0v) is 9.73. The Morgan fingerprint density at radius 3 is 2.71 bits per heavy atom. The standard InChI is InChI=1S/C11H17ClN2/c1-8(2)6-7-13-10-4-5-11(12)14-9(10)3/h4-5,8,13H,6-7H2,1-3H3. The lowest BCUT2D eigenvalue weighted by Gasteiger charge is -2.10. The van der Waals surface area contributed by atoms with Crippen LogP contribution in [0.25, 0.3) is 0 Å². The Hall–Kier alpha value is -0.760. The maximum absolute atomic E-state index is 5.76. The lowest BCUT2D eigenvalue weighted by molar-refractivity contribution is 0.607. The van der Waals surface area contributed by atoms with Crippen LogP contribution in [0.1, 0.15) is 26.0 Å². The van der Waals surface area contributed by atoms with E-state index in [0.717, 1.165) is 23.8 Å². The summed E-state index contributed by atoms with van der Waals surface area (Å²) in [4.78, 5) is 4.17. The van der Waals surface area contributed by atoms with Gasteiger partial charge in [0.1, 0.15) is 5.15 Å². The first kappa shape index (κ1) is 11.3. The van der Waals surface area contributed by atoms with Gasteiger partial charge in [-0.15, -0.1) is 0 Å². The van der Waals surface area contributed by atoms with Crippen LogP contribution in [0.15, 0.2) is 12.1 Å². The summed E-state index contributed by atoms with van der Waals surface area (Å²) in [5.41, 5.74) is 2.04. The van der Waals surface area contributed by atoms with E-state index < -0.39 is 0 Å². The van der Waals surface area contributed by atoms with Crippen LogP contribution in [0.3, 0.4) is 0 Å². The summed E-state index contributed by atoms with van der Waals surface area (Å²) in [6.45, 7) is 7.38. The highest BCUT2D eigenvalue weighted by Crippen LogP contribution is 2.15. The second-order valence-corrected chi connectivity index (χ2v) is 4.26. The third-order valence-electron chi connectivity index (χ3n) is 2.09. The Morgan fingerprint density at radius 2 is 2.14 bits per heavy atom. The van der Waals surface area contributed by atoms with Crippen molar-refractivity contribution in [3.05, 3.63) is 23.0 Å². The van der Waals surface area contributed by atoms with Crippen molar-refractivity contribution in [2.75, 3.05) is 11.9 Å². The molecule has 0 spiro atoms. The molecule has 0 aliphatic carbocycles. The number of nitrogens with zero attached hydrogens (tertiary/aromatic N) is 1. The van der Waals surface area contributed by atoms with E-state index in [1.807, 2.05) is 19.1 Å². The van der Waals surface area contributed by atoms with Crippen LogP contribution < -0.4 is 5.32 Å². The molecule has 0 saturated heterocycles. The highest BCUT2D eigenvalue weighted by molar-refractivity contribution is 6.29. The van der Waals surface area contributed by atoms with E-state index in [2.05, 4.69) is 24.1 Å². The summed E-state index contributed by atoms with van der Waals surface area (Å²) < 4.78 is 0. The number of pyridine rings is 1. The van der Waals surface area contributed by atoms with E-state index in [1.165, 1.54) is 6.42 Å². The molecular weight excluding hydrogens is 196 g/mol. The van der Waals surface area contributed by atoms with Crippen molar-refractivity contribution >= 4 is 17.3 Å². The summed E-state index contributed by atoms with van der Waals surface area (Å²) in [6.07, 6.45) is 1.17. The third kappa shape index (κ3) is 3.54. The van der Waals surface area contributed by atoms with Gasteiger partial charge in [0.25, 0.3) is 0 Å². The smallest absolute Gasteiger partial charge is 0.129 e. The van der Waals surface area contributed by atoms with Crippen molar-refractivity contribution in [3.8, 4) is 0 Å². The van der Waals surface area contributed by atoms with Gasteiger partial charge in [0.05, 0.1) is 11.4 Å². The highest BCUT2D eigenvalue weighted by atomic mass is 35.5. The Kier molecular flexibility index (Phi) is 4.21. The van der Waals surface area contributed by atoms with Crippen LogP contribution in [0.2, 0.25) is 5.15 Å². The molecule has 0 radical (unpaired) electrons. The maximum Gasteiger partial charge on any atom is 0.129 e. The molecule has 3 heteroatoms. The van der Waals surface area contributed by atoms with Crippen molar-refractivity contribution in [2.45, 2.75) is 27.2 Å². The fourth-order valence-corrected chi connectivity index (χ4v) is 1.40. The van der Waals surface area contributed by atoms with Crippen molar-refractivity contribution in [2.24, 2.45) is 5.92 Å². The minimum absolute atomic E-state index is 0.553. The Morgan fingerprint density at radius 1 is 1.43 bits per heavy atom. The van der Waals surface area contributed by atoms with Gasteiger partial charge in [-0.2, -0.15) is 0 Å². The fraction of sp³-hybridized carbons (Fsp3) is 0.545. The number of aromatic nitrogens is 1. The molecule has 1 aromatic heterocycles. The van der Waals surface area contributed by atoms with Gasteiger partial charge in [-0.25, -0.2) is 4.98 Å². The summed E-state index contributed by atoms with van der Waals surface area (Å²) in [5.74, 6) is 0.725. The second kappa shape index (κ2) is 5.20. The minimum Gasteiger partial charge on any atom is -0.384 e. The number of hydrogen-bond acceptors (Lipinski definition) is 2. The van der Waals surface area contributed by atoms with Crippen LogP contribution >= 0.6 is 11.6 Å². The van der Waals surface area contributed by atoms with Gasteiger partial charge in [-0.05, 0) is 31.4 Å². The molecule has 78 valence electrons. The molecule has 0 amide bonds. The molecule has 0 aliphatic rings. The molecule has 0 bridgehead atoms. The molecule has 1 rings (SSSR count). The largest absolute Gasteiger partial charge is 0.384 e. The monoisotopic (exact) mass is 212 g/mol. The van der Waals surface area contributed by atoms with Crippen molar-refractivity contribution in [1.82, 2.24) is 4.98 Å². The summed E-state index contributed by atoms with van der Waals surface area (Å²) in [7, 11) is 0. The molecule has 0 atom stereocenters. The summed E-state index contributed by atoms with van der Waals surface area (Å²) >= 11 is 5.76. The average Bonchev–Trinajstić information content (AvgIpc) is 2.08. The van der Waals surface area contributed by atoms with E-state index in [9.17, 15) is 0 Å². The van der Waals surface area contributed by atoms with Crippen LogP contribution in [-0.2, 0) is 0 Å². The van der Waals surface area contributed by atoms with Gasteiger partial charge in [0.15, 0.2) is 0 Å². The Balaban J connectivity index is 2.51. The van der Waals surface area contributed by atoms with Crippen LogP contribution in [-0.4, -0.2) is 11.5 Å². The number of rotatable bonds is 4. The number of nitrogens with one attached hydrogen (secondary N) is 1. The predicted octanol–water partition coefficient (Wildman–Crippen LogP) is 3.50. The van der Waals surface area contributed by atoms with E-state index >= 15 is 0 Å². The summed E-state index contributed by atoms with van der Waals surface area (Å²) in [5, 5.41) is 3.90. The molecule has 2 nitrogen and oxygen atoms in total. The third-order valence-corrected chi connectivity index (χ3v) is 2.30. The molecule has 1 heterocycles. The molecular formula is C11H17ClN2. The average molecular weight is 213 g/mol. The van der Waals surface area contributed by atoms with Gasteiger partial charge in [0, 0.05) is 6.54 Å². The van der Waals surface area contributed by atoms with Gasteiger partial charge in [-0.3, -0.25) is 0 Å². The minimum atomic E-state index is 0.553. The maximum atomic E-state index is 5.76. The predicted molar refractivity (Wildman–Crippen MR) is 61.9 cm³/mol. The summed E-state index contributed by atoms with van der Waals surface area (Å²) in [6, 6.07) is 3.79. The van der Waals surface area contributed by atoms with Crippen molar-refractivity contribution in [1.29, 1.82) is 0 Å². The molecule has 1 N–H and O–H groups in total. The highest BCUT2D eigenvalue weighted by Gasteiger charge is 2.00. The zero-order chi connectivity index (χ0) is 10.6. The first-order valence-electron chi connectivity index (χ1n) is 4.96. The van der Waals surface area contributed by atoms with E-state index in [4.69, 9.17) is 11.6 Å². The van der Waals surface area contributed by atoms with Crippen LogP contribution in [0.5, 0.6) is 0 Å². The Bertz CT molecular complexity index is 297. The number of hydrogen-bond donors (Lipinski definition) is 1. The Labute approximate surface area is 90.7 Å². The number of halogens is 1. The lowest BCUT2D eigenvalue weighted by atomic mass is 10.1. The quantitative estimate of drug-likeness (QED) is 0.773. The zero-order valence-electron chi connectivity index (χ0n) is 8.97. The first-order valence-corrected chi connectivity index (χ1v) is 5.34.